The summed E-state index contributed by atoms with van der Waals surface area (Å²) < 4.78 is 5.42. The minimum atomic E-state index is -0.441. The third-order valence-electron chi connectivity index (χ3n) is 5.51. The zero-order chi connectivity index (χ0) is 23.0. The van der Waals surface area contributed by atoms with Crippen LogP contribution in [0.5, 0.6) is 5.75 Å². The average molecular weight is 447 g/mol. The number of hydrogen-bond acceptors (Lipinski definition) is 4. The minimum Gasteiger partial charge on any atom is -0.495 e. The van der Waals surface area contributed by atoms with Gasteiger partial charge in [0.15, 0.2) is 0 Å². The van der Waals surface area contributed by atoms with Crippen LogP contribution in [-0.2, 0) is 9.59 Å². The zero-order valence-corrected chi connectivity index (χ0v) is 19.1. The van der Waals surface area contributed by atoms with E-state index in [-0.39, 0.29) is 5.70 Å². The third kappa shape index (κ3) is 3.76. The Kier molecular flexibility index (Phi) is 5.76. The molecule has 3 aromatic rings. The minimum absolute atomic E-state index is 0.221. The van der Waals surface area contributed by atoms with Gasteiger partial charge in [-0.15, -0.1) is 0 Å². The maximum absolute atomic E-state index is 13.7. The van der Waals surface area contributed by atoms with E-state index < -0.39 is 11.8 Å². The maximum atomic E-state index is 13.7. The first kappa shape index (κ1) is 21.7. The van der Waals surface area contributed by atoms with E-state index in [2.05, 4.69) is 5.32 Å². The van der Waals surface area contributed by atoms with Crippen molar-refractivity contribution in [1.82, 2.24) is 0 Å². The molecule has 0 saturated heterocycles. The Labute approximate surface area is 192 Å². The van der Waals surface area contributed by atoms with E-state index in [0.717, 1.165) is 16.7 Å². The Hall–Kier alpha value is -3.57. The first-order chi connectivity index (χ1) is 15.3. The number of benzene rings is 3. The van der Waals surface area contributed by atoms with Crippen LogP contribution < -0.4 is 15.0 Å². The molecular weight excluding hydrogens is 424 g/mol. The molecule has 4 rings (SSSR count). The fourth-order valence-corrected chi connectivity index (χ4v) is 4.15. The van der Waals surface area contributed by atoms with Crippen LogP contribution >= 0.6 is 11.6 Å². The molecule has 0 unspecified atom stereocenters. The molecule has 0 fully saturated rings. The number of carbonyl (C=O) groups is 2. The van der Waals surface area contributed by atoms with Crippen LogP contribution in [0.2, 0.25) is 5.02 Å². The molecule has 1 aliphatic heterocycles. The van der Waals surface area contributed by atoms with Crippen molar-refractivity contribution in [3.8, 4) is 5.75 Å². The molecule has 0 spiro atoms. The van der Waals surface area contributed by atoms with E-state index in [1.165, 1.54) is 12.0 Å². The van der Waals surface area contributed by atoms with Gasteiger partial charge in [-0.05, 0) is 67.8 Å². The van der Waals surface area contributed by atoms with Crippen molar-refractivity contribution in [2.45, 2.75) is 20.8 Å². The molecular formula is C26H23ClN2O3. The highest BCUT2D eigenvalue weighted by Crippen LogP contribution is 2.39. The third-order valence-corrected chi connectivity index (χ3v) is 5.74. The number of halogens is 1. The van der Waals surface area contributed by atoms with Crippen molar-refractivity contribution < 1.29 is 14.3 Å². The Morgan fingerprint density at radius 2 is 1.62 bits per heavy atom. The van der Waals surface area contributed by atoms with E-state index >= 15 is 0 Å². The summed E-state index contributed by atoms with van der Waals surface area (Å²) in [6, 6.07) is 18.1. The number of methoxy groups -OCH3 is 1. The molecule has 2 amide bonds. The summed E-state index contributed by atoms with van der Waals surface area (Å²) in [5, 5.41) is 3.81. The number of aryl methyl sites for hydroxylation is 3. The van der Waals surface area contributed by atoms with E-state index in [4.69, 9.17) is 16.3 Å². The number of rotatable bonds is 5. The molecule has 32 heavy (non-hydrogen) atoms. The highest BCUT2D eigenvalue weighted by atomic mass is 35.5. The number of carbonyl (C=O) groups excluding carboxylic acids is 2. The van der Waals surface area contributed by atoms with E-state index in [0.29, 0.717) is 33.3 Å². The number of ether oxygens (including phenoxy) is 1. The van der Waals surface area contributed by atoms with E-state index in [1.807, 2.05) is 39.0 Å². The molecule has 1 N–H and O–H groups in total. The lowest BCUT2D eigenvalue weighted by molar-refractivity contribution is -0.120. The van der Waals surface area contributed by atoms with Crippen molar-refractivity contribution in [3.05, 3.63) is 93.6 Å². The summed E-state index contributed by atoms with van der Waals surface area (Å²) >= 11 is 6.10. The lowest BCUT2D eigenvalue weighted by Gasteiger charge is -2.18. The molecule has 0 radical (unpaired) electrons. The van der Waals surface area contributed by atoms with Gasteiger partial charge in [0.25, 0.3) is 11.8 Å². The molecule has 0 saturated carbocycles. The van der Waals surface area contributed by atoms with Gasteiger partial charge in [0, 0.05) is 10.7 Å². The van der Waals surface area contributed by atoms with Crippen LogP contribution in [0.3, 0.4) is 0 Å². The van der Waals surface area contributed by atoms with Gasteiger partial charge in [-0.1, -0.05) is 47.5 Å². The van der Waals surface area contributed by atoms with Crippen LogP contribution in [0, 0.1) is 20.8 Å². The second-order valence-corrected chi connectivity index (χ2v) is 8.21. The predicted molar refractivity (Wildman–Crippen MR) is 128 cm³/mol. The van der Waals surface area contributed by atoms with Crippen LogP contribution in [0.15, 0.2) is 66.4 Å². The van der Waals surface area contributed by atoms with Crippen LogP contribution in [0.1, 0.15) is 22.3 Å². The highest BCUT2D eigenvalue weighted by Gasteiger charge is 2.41. The average Bonchev–Trinajstić information content (AvgIpc) is 2.99. The molecule has 5 nitrogen and oxygen atoms in total. The number of para-hydroxylation sites is 2. The topological polar surface area (TPSA) is 58.6 Å². The Morgan fingerprint density at radius 3 is 2.31 bits per heavy atom. The number of nitrogens with one attached hydrogen (secondary N) is 1. The first-order valence-corrected chi connectivity index (χ1v) is 10.6. The van der Waals surface area contributed by atoms with Gasteiger partial charge in [-0.3, -0.25) is 9.59 Å². The summed E-state index contributed by atoms with van der Waals surface area (Å²) in [5.41, 5.74) is 5.21. The summed E-state index contributed by atoms with van der Waals surface area (Å²) in [6.07, 6.45) is 0. The molecule has 6 heteroatoms. The number of hydrogen-bond donors (Lipinski definition) is 1. The van der Waals surface area contributed by atoms with Crippen molar-refractivity contribution >= 4 is 40.4 Å². The first-order valence-electron chi connectivity index (χ1n) is 10.2. The van der Waals surface area contributed by atoms with Crippen molar-refractivity contribution in [3.63, 3.8) is 0 Å². The Morgan fingerprint density at radius 1 is 0.875 bits per heavy atom. The number of anilines is 2. The molecule has 3 aromatic carbocycles. The van der Waals surface area contributed by atoms with Gasteiger partial charge in [-0.2, -0.15) is 0 Å². The van der Waals surface area contributed by atoms with Crippen molar-refractivity contribution in [2.24, 2.45) is 0 Å². The fourth-order valence-electron chi connectivity index (χ4n) is 3.92. The smallest absolute Gasteiger partial charge is 0.282 e. The highest BCUT2D eigenvalue weighted by molar-refractivity contribution is 6.46. The van der Waals surface area contributed by atoms with Gasteiger partial charge in [0.05, 0.1) is 18.4 Å². The largest absolute Gasteiger partial charge is 0.495 e. The molecule has 0 aromatic heterocycles. The second-order valence-electron chi connectivity index (χ2n) is 7.77. The van der Waals surface area contributed by atoms with Crippen molar-refractivity contribution in [1.29, 1.82) is 0 Å². The molecule has 1 heterocycles. The summed E-state index contributed by atoms with van der Waals surface area (Å²) in [5.74, 6) is -0.400. The van der Waals surface area contributed by atoms with Crippen LogP contribution in [-0.4, -0.2) is 18.9 Å². The molecule has 0 atom stereocenters. The molecule has 0 bridgehead atoms. The standard InChI is InChI=1S/C26H23ClN2O3/c1-15-9-11-19(16(2)13-15)23-24(28-20-12-10-18(27)14-17(20)3)26(31)29(25(23)30)21-7-5-6-8-22(21)32-4/h5-14,28H,1-4H3. The number of imide groups is 1. The lowest BCUT2D eigenvalue weighted by Crippen LogP contribution is -2.32. The number of nitrogens with zero attached hydrogens (tertiary/aromatic N) is 1. The van der Waals surface area contributed by atoms with E-state index in [1.54, 1.807) is 42.5 Å². The molecule has 0 aliphatic carbocycles. The summed E-state index contributed by atoms with van der Waals surface area (Å²) in [6.45, 7) is 5.82. The maximum Gasteiger partial charge on any atom is 0.282 e. The van der Waals surface area contributed by atoms with Gasteiger partial charge in [0.2, 0.25) is 0 Å². The van der Waals surface area contributed by atoms with Gasteiger partial charge >= 0.3 is 0 Å². The normalized spacial score (nSPS) is 13.7. The monoisotopic (exact) mass is 446 g/mol. The van der Waals surface area contributed by atoms with E-state index in [9.17, 15) is 9.59 Å². The quantitative estimate of drug-likeness (QED) is 0.513. The molecule has 162 valence electrons. The second kappa shape index (κ2) is 8.52. The lowest BCUT2D eigenvalue weighted by atomic mass is 9.97. The number of amides is 2. The van der Waals surface area contributed by atoms with Crippen LogP contribution in [0.25, 0.3) is 5.57 Å². The van der Waals surface area contributed by atoms with Crippen LogP contribution in [0.4, 0.5) is 11.4 Å². The Bertz CT molecular complexity index is 1280. The van der Waals surface area contributed by atoms with Crippen molar-refractivity contribution in [2.75, 3.05) is 17.3 Å². The van der Waals surface area contributed by atoms with Gasteiger partial charge in [0.1, 0.15) is 11.4 Å². The molecule has 1 aliphatic rings. The Balaban J connectivity index is 1.89. The SMILES string of the molecule is COc1ccccc1N1C(=O)C(Nc2ccc(Cl)cc2C)=C(c2ccc(C)cc2C)C1=O. The fraction of sp³-hybridized carbons (Fsp3) is 0.154. The predicted octanol–water partition coefficient (Wildman–Crippen LogP) is 5.67. The zero-order valence-electron chi connectivity index (χ0n) is 18.3. The summed E-state index contributed by atoms with van der Waals surface area (Å²) in [4.78, 5) is 28.5. The summed E-state index contributed by atoms with van der Waals surface area (Å²) in [7, 11) is 1.51. The van der Waals surface area contributed by atoms with Gasteiger partial charge in [-0.25, -0.2) is 4.90 Å². The van der Waals surface area contributed by atoms with Gasteiger partial charge < -0.3 is 10.1 Å².